The summed E-state index contributed by atoms with van der Waals surface area (Å²) in [5.74, 6) is -1.71. The average Bonchev–Trinajstić information content (AvgIpc) is 2.11. The van der Waals surface area contributed by atoms with E-state index in [1.165, 1.54) is 12.1 Å². The summed E-state index contributed by atoms with van der Waals surface area (Å²) in [6.07, 6.45) is 1.95. The van der Waals surface area contributed by atoms with Gasteiger partial charge in [-0.1, -0.05) is 11.6 Å². The third-order valence-electron chi connectivity index (χ3n) is 1.47. The fraction of sp³-hybridized carbons (Fsp3) is 0. The van der Waals surface area contributed by atoms with Crippen LogP contribution in [0.1, 0.15) is 5.56 Å². The zero-order chi connectivity index (χ0) is 10.7. The number of hydrogen-bond donors (Lipinski definition) is 1. The molecule has 0 aliphatic rings. The molecule has 0 atom stereocenters. The molecule has 5 heteroatoms. The maximum absolute atomic E-state index is 13.1. The van der Waals surface area contributed by atoms with E-state index >= 15 is 0 Å². The number of halogens is 3. The fourth-order valence-corrected chi connectivity index (χ4v) is 1.41. The molecule has 74 valence electrons. The quantitative estimate of drug-likeness (QED) is 0.666. The highest BCUT2D eigenvalue weighted by atomic mass is 79.9. The van der Waals surface area contributed by atoms with Crippen LogP contribution in [0.15, 0.2) is 22.7 Å². The lowest BCUT2D eigenvalue weighted by atomic mass is 10.2. The fourth-order valence-electron chi connectivity index (χ4n) is 0.850. The molecule has 0 aromatic heterocycles. The Balaban J connectivity index is 3.19. The summed E-state index contributed by atoms with van der Waals surface area (Å²) < 4.78 is 13.7. The third kappa shape index (κ3) is 2.56. The molecule has 0 fully saturated rings. The van der Waals surface area contributed by atoms with Crippen molar-refractivity contribution in [2.75, 3.05) is 0 Å². The van der Waals surface area contributed by atoms with Crippen LogP contribution in [0.5, 0.6) is 0 Å². The van der Waals surface area contributed by atoms with E-state index in [2.05, 4.69) is 15.9 Å². The Hall–Kier alpha value is -0.870. The lowest BCUT2D eigenvalue weighted by molar-refractivity contribution is -0.131. The first kappa shape index (κ1) is 11.2. The lowest BCUT2D eigenvalue weighted by Gasteiger charge is -2.01. The second kappa shape index (κ2) is 4.57. The van der Waals surface area contributed by atoms with Crippen LogP contribution in [0.3, 0.4) is 0 Å². The number of carboxylic acid groups (broad SMARTS) is 1. The van der Waals surface area contributed by atoms with E-state index in [0.29, 0.717) is 4.47 Å². The van der Waals surface area contributed by atoms with Crippen molar-refractivity contribution in [3.63, 3.8) is 0 Å². The SMILES string of the molecule is O=C(O)/C=C/c1c(F)ccc(Br)c1Cl. The van der Waals surface area contributed by atoms with Crippen molar-refractivity contribution in [2.45, 2.75) is 0 Å². The molecular formula is C9H5BrClFO2. The van der Waals surface area contributed by atoms with Gasteiger partial charge in [0.15, 0.2) is 0 Å². The van der Waals surface area contributed by atoms with Gasteiger partial charge in [0.2, 0.25) is 0 Å². The van der Waals surface area contributed by atoms with Gasteiger partial charge in [0.1, 0.15) is 5.82 Å². The summed E-state index contributed by atoms with van der Waals surface area (Å²) >= 11 is 8.86. The normalized spacial score (nSPS) is 10.8. The van der Waals surface area contributed by atoms with Gasteiger partial charge in [0.05, 0.1) is 5.02 Å². The molecule has 0 amide bonds. The zero-order valence-electron chi connectivity index (χ0n) is 6.80. The van der Waals surface area contributed by atoms with Gasteiger partial charge < -0.3 is 5.11 Å². The summed E-state index contributed by atoms with van der Waals surface area (Å²) in [4.78, 5) is 10.2. The van der Waals surface area contributed by atoms with Gasteiger partial charge in [-0.3, -0.25) is 0 Å². The van der Waals surface area contributed by atoms with Crippen LogP contribution in [0.25, 0.3) is 6.08 Å². The van der Waals surface area contributed by atoms with Gasteiger partial charge in [-0.05, 0) is 34.1 Å². The molecule has 0 heterocycles. The van der Waals surface area contributed by atoms with E-state index in [0.717, 1.165) is 12.2 Å². The summed E-state index contributed by atoms with van der Waals surface area (Å²) in [5.41, 5.74) is 0.0587. The van der Waals surface area contributed by atoms with Crippen LogP contribution in [-0.4, -0.2) is 11.1 Å². The molecule has 1 aromatic rings. The second-order valence-corrected chi connectivity index (χ2v) is 3.66. The summed E-state index contributed by atoms with van der Waals surface area (Å²) in [5, 5.41) is 8.52. The van der Waals surface area contributed by atoms with Crippen molar-refractivity contribution in [2.24, 2.45) is 0 Å². The summed E-state index contributed by atoms with van der Waals surface area (Å²) in [6, 6.07) is 2.66. The first-order valence-corrected chi connectivity index (χ1v) is 4.74. The van der Waals surface area contributed by atoms with E-state index in [-0.39, 0.29) is 10.6 Å². The Morgan fingerprint density at radius 3 is 2.79 bits per heavy atom. The number of benzene rings is 1. The smallest absolute Gasteiger partial charge is 0.328 e. The molecule has 0 bridgehead atoms. The monoisotopic (exact) mass is 278 g/mol. The van der Waals surface area contributed by atoms with E-state index in [1.54, 1.807) is 0 Å². The van der Waals surface area contributed by atoms with Crippen molar-refractivity contribution >= 4 is 39.6 Å². The van der Waals surface area contributed by atoms with Crippen molar-refractivity contribution in [1.82, 2.24) is 0 Å². The maximum atomic E-state index is 13.1. The highest BCUT2D eigenvalue weighted by Gasteiger charge is 2.07. The molecule has 0 spiro atoms. The minimum absolute atomic E-state index is 0.0587. The number of aliphatic carboxylic acids is 1. The standard InChI is InChI=1S/C9H5BrClFO2/c10-6-2-3-7(12)5(9(6)11)1-4-8(13)14/h1-4H,(H,13,14)/b4-1+. The topological polar surface area (TPSA) is 37.3 Å². The first-order chi connectivity index (χ1) is 6.52. The number of carboxylic acids is 1. The lowest BCUT2D eigenvalue weighted by Crippen LogP contribution is -1.89. The maximum Gasteiger partial charge on any atom is 0.328 e. The van der Waals surface area contributed by atoms with Crippen LogP contribution < -0.4 is 0 Å². The Morgan fingerprint density at radius 1 is 1.57 bits per heavy atom. The number of rotatable bonds is 2. The van der Waals surface area contributed by atoms with Crippen LogP contribution in [0.2, 0.25) is 5.02 Å². The molecule has 2 nitrogen and oxygen atoms in total. The largest absolute Gasteiger partial charge is 0.478 e. The van der Waals surface area contributed by atoms with Gasteiger partial charge in [0, 0.05) is 16.1 Å². The van der Waals surface area contributed by atoms with Crippen molar-refractivity contribution in [3.05, 3.63) is 39.1 Å². The summed E-state index contributed by atoms with van der Waals surface area (Å²) in [6.45, 7) is 0. The molecule has 1 aromatic carbocycles. The van der Waals surface area contributed by atoms with Crippen LogP contribution in [0.4, 0.5) is 4.39 Å². The van der Waals surface area contributed by atoms with Gasteiger partial charge in [-0.2, -0.15) is 0 Å². The van der Waals surface area contributed by atoms with Gasteiger partial charge in [-0.15, -0.1) is 0 Å². The highest BCUT2D eigenvalue weighted by molar-refractivity contribution is 9.10. The van der Waals surface area contributed by atoms with E-state index in [1.807, 2.05) is 0 Å². The minimum Gasteiger partial charge on any atom is -0.478 e. The van der Waals surface area contributed by atoms with E-state index < -0.39 is 11.8 Å². The summed E-state index contributed by atoms with van der Waals surface area (Å²) in [7, 11) is 0. The molecule has 1 N–H and O–H groups in total. The van der Waals surface area contributed by atoms with E-state index in [9.17, 15) is 9.18 Å². The molecule has 0 aliphatic carbocycles. The average molecular weight is 279 g/mol. The van der Waals surface area contributed by atoms with Crippen LogP contribution >= 0.6 is 27.5 Å². The number of carbonyl (C=O) groups is 1. The third-order valence-corrected chi connectivity index (χ3v) is 2.77. The predicted octanol–water partition coefficient (Wildman–Crippen LogP) is 3.34. The Morgan fingerprint density at radius 2 is 2.21 bits per heavy atom. The zero-order valence-corrected chi connectivity index (χ0v) is 9.14. The van der Waals surface area contributed by atoms with Crippen molar-refractivity contribution in [3.8, 4) is 0 Å². The van der Waals surface area contributed by atoms with Gasteiger partial charge in [0.25, 0.3) is 0 Å². The molecule has 0 radical (unpaired) electrons. The van der Waals surface area contributed by atoms with Gasteiger partial charge >= 0.3 is 5.97 Å². The Kier molecular flexibility index (Phi) is 3.66. The van der Waals surface area contributed by atoms with Crippen molar-refractivity contribution in [1.29, 1.82) is 0 Å². The molecule has 0 saturated carbocycles. The van der Waals surface area contributed by atoms with Crippen LogP contribution in [-0.2, 0) is 4.79 Å². The first-order valence-electron chi connectivity index (χ1n) is 3.57. The molecule has 14 heavy (non-hydrogen) atoms. The molecule has 0 saturated heterocycles. The second-order valence-electron chi connectivity index (χ2n) is 2.43. The van der Waals surface area contributed by atoms with Crippen LogP contribution in [0, 0.1) is 5.82 Å². The minimum atomic E-state index is -1.15. The molecular weight excluding hydrogens is 274 g/mol. The van der Waals surface area contributed by atoms with Gasteiger partial charge in [-0.25, -0.2) is 9.18 Å². The number of hydrogen-bond acceptors (Lipinski definition) is 1. The molecule has 0 unspecified atom stereocenters. The molecule has 1 rings (SSSR count). The Labute approximate surface area is 93.1 Å². The molecule has 0 aliphatic heterocycles. The Bertz CT molecular complexity index is 404. The predicted molar refractivity (Wildman–Crippen MR) is 55.8 cm³/mol. The highest BCUT2D eigenvalue weighted by Crippen LogP contribution is 2.29. The van der Waals surface area contributed by atoms with E-state index in [4.69, 9.17) is 16.7 Å². The van der Waals surface area contributed by atoms with Crippen molar-refractivity contribution < 1.29 is 14.3 Å².